The molecule has 0 saturated heterocycles. The van der Waals surface area contributed by atoms with E-state index in [2.05, 4.69) is 9.46 Å². The molecule has 9 heteroatoms. The second-order valence-corrected chi connectivity index (χ2v) is 1.82. The van der Waals surface area contributed by atoms with Crippen LogP contribution in [-0.2, 0) is 14.0 Å². The van der Waals surface area contributed by atoms with Crippen molar-refractivity contribution in [1.82, 2.24) is 0 Å². The van der Waals surface area contributed by atoms with Gasteiger partial charge < -0.3 is 0 Å². The summed E-state index contributed by atoms with van der Waals surface area (Å²) in [4.78, 5) is 7.49. The van der Waals surface area contributed by atoms with Crippen molar-refractivity contribution in [1.29, 1.82) is 0 Å². The van der Waals surface area contributed by atoms with Crippen molar-refractivity contribution in [2.24, 2.45) is 0 Å². The number of phosphoric acid groups is 1. The molecule has 0 saturated carbocycles. The Morgan fingerprint density at radius 1 is 1.33 bits per heavy atom. The first-order valence-corrected chi connectivity index (χ1v) is 2.55. The molecule has 0 aromatic heterocycles. The molecule has 0 aliphatic rings. The molecule has 0 heterocycles. The summed E-state index contributed by atoms with van der Waals surface area (Å²) in [5.41, 5.74) is 0. The molecule has 0 radical (unpaired) electrons. The fourth-order valence-corrected chi connectivity index (χ4v) is 0.0319. The molecule has 0 spiro atoms. The van der Waals surface area contributed by atoms with Gasteiger partial charge in [0, 0.05) is 0 Å². The van der Waals surface area contributed by atoms with E-state index in [4.69, 9.17) is 4.89 Å². The average molecular weight is 166 g/mol. The molecule has 9 heavy (non-hydrogen) atoms. The van der Waals surface area contributed by atoms with Crippen LogP contribution in [0.4, 0.5) is 9.05 Å². The van der Waals surface area contributed by atoms with Crippen molar-refractivity contribution in [2.45, 2.75) is 0 Å². The van der Waals surface area contributed by atoms with E-state index in [0.29, 0.717) is 0 Å². The predicted molar refractivity (Wildman–Crippen MR) is 28.5 cm³/mol. The molecule has 0 atom stereocenters. The van der Waals surface area contributed by atoms with Crippen molar-refractivity contribution in [3.05, 3.63) is 0 Å². The first-order valence-electron chi connectivity index (χ1n) is 1.06. The van der Waals surface area contributed by atoms with Crippen molar-refractivity contribution < 1.29 is 28.0 Å². The summed E-state index contributed by atoms with van der Waals surface area (Å²) in [6.07, 6.45) is 0. The zero-order valence-corrected chi connectivity index (χ0v) is 3.77. The number of hydrogen-bond acceptors (Lipinski definition) is 3. The van der Waals surface area contributed by atoms with Gasteiger partial charge in [-0.15, -0.1) is 0 Å². The third-order valence-electron chi connectivity index (χ3n) is 0.174. The minimum absolute atomic E-state index is 0. The standard InChI is InChI=1S/F2HO4P.Li.Na.2H/c1-5-7(3,4)6-2;;;;/h(H,3,4);;;;. The molecular weight excluding hydrogens is 163 g/mol. The normalized spacial score (nSPS) is 9.22. The van der Waals surface area contributed by atoms with E-state index in [1.807, 2.05) is 0 Å². The van der Waals surface area contributed by atoms with Crippen LogP contribution in [0.25, 0.3) is 0 Å². The van der Waals surface area contributed by atoms with E-state index < -0.39 is 7.82 Å². The van der Waals surface area contributed by atoms with Crippen LogP contribution in [0.2, 0.25) is 0 Å². The first kappa shape index (κ1) is 16.9. The van der Waals surface area contributed by atoms with Crippen LogP contribution < -0.4 is 0 Å². The number of halogens is 2. The topological polar surface area (TPSA) is 55.8 Å². The Labute approximate surface area is 83.8 Å². The first-order chi connectivity index (χ1) is 3.12. The second-order valence-electron chi connectivity index (χ2n) is 0.607. The summed E-state index contributed by atoms with van der Waals surface area (Å²) in [6, 6.07) is 0. The van der Waals surface area contributed by atoms with E-state index in [-0.39, 0.29) is 48.4 Å². The van der Waals surface area contributed by atoms with E-state index in [1.165, 1.54) is 0 Å². The zero-order chi connectivity index (χ0) is 5.91. The second kappa shape index (κ2) is 7.67. The van der Waals surface area contributed by atoms with Gasteiger partial charge in [-0.05, 0) is 9.05 Å². The van der Waals surface area contributed by atoms with Gasteiger partial charge in [-0.1, -0.05) is 9.46 Å². The van der Waals surface area contributed by atoms with Crippen molar-refractivity contribution >= 4 is 56.2 Å². The summed E-state index contributed by atoms with van der Waals surface area (Å²) in [7, 11) is -4.99. The van der Waals surface area contributed by atoms with Gasteiger partial charge in [0.25, 0.3) is 0 Å². The van der Waals surface area contributed by atoms with Crippen molar-refractivity contribution in [2.75, 3.05) is 0 Å². The molecule has 1 N–H and O–H groups in total. The van der Waals surface area contributed by atoms with Crippen LogP contribution in [-0.4, -0.2) is 53.3 Å². The van der Waals surface area contributed by atoms with Crippen LogP contribution in [0.1, 0.15) is 0 Å². The summed E-state index contributed by atoms with van der Waals surface area (Å²) in [5.74, 6) is 0. The molecule has 0 unspecified atom stereocenters. The van der Waals surface area contributed by atoms with E-state index in [0.717, 1.165) is 0 Å². The molecule has 0 aromatic rings. The Morgan fingerprint density at radius 3 is 1.56 bits per heavy atom. The molecule has 0 aliphatic carbocycles. The fourth-order valence-electron chi connectivity index (χ4n) is 0.0106. The fraction of sp³-hybridized carbons (Fsp3) is 0. The van der Waals surface area contributed by atoms with Gasteiger partial charge in [0.05, 0.1) is 0 Å². The van der Waals surface area contributed by atoms with Crippen LogP contribution in [0.5, 0.6) is 0 Å². The third kappa shape index (κ3) is 9.57. The number of rotatable bonds is 2. The Bertz CT molecular complexity index is 90.6. The van der Waals surface area contributed by atoms with E-state index >= 15 is 0 Å². The Hall–Kier alpha value is 1.57. The minimum atomic E-state index is -4.99. The quantitative estimate of drug-likeness (QED) is 0.447. The van der Waals surface area contributed by atoms with Crippen LogP contribution in [0.3, 0.4) is 0 Å². The average Bonchev–Trinajstić information content (AvgIpc) is 1.68. The Kier molecular flexibility index (Phi) is 14.4. The predicted octanol–water partition coefficient (Wildman–Crippen LogP) is -0.408. The van der Waals surface area contributed by atoms with E-state index in [1.54, 1.807) is 0 Å². The summed E-state index contributed by atoms with van der Waals surface area (Å²) < 4.78 is 34.3. The molecule has 0 aromatic carbocycles. The number of hydrogen-bond donors (Lipinski definition) is 1. The molecular formula is H3F2LiNaO4P. The van der Waals surface area contributed by atoms with E-state index in [9.17, 15) is 13.6 Å². The summed E-state index contributed by atoms with van der Waals surface area (Å²) in [5, 5.41) is 0. The van der Waals surface area contributed by atoms with Crippen LogP contribution in [0, 0.1) is 0 Å². The molecule has 0 bridgehead atoms. The zero-order valence-electron chi connectivity index (χ0n) is 2.88. The van der Waals surface area contributed by atoms with Crippen LogP contribution >= 0.6 is 7.82 Å². The molecule has 0 aliphatic heterocycles. The third-order valence-corrected chi connectivity index (χ3v) is 0.523. The molecule has 0 rings (SSSR count). The monoisotopic (exact) mass is 166 g/mol. The molecule has 4 nitrogen and oxygen atoms in total. The van der Waals surface area contributed by atoms with Gasteiger partial charge in [-0.3, -0.25) is 4.89 Å². The SMILES string of the molecule is O=P(O)(OF)OF.[LiH].[NaH]. The van der Waals surface area contributed by atoms with Gasteiger partial charge in [0.15, 0.2) is 0 Å². The van der Waals surface area contributed by atoms with Gasteiger partial charge in [-0.25, -0.2) is 4.57 Å². The molecule has 0 amide bonds. The maximum absolute atomic E-state index is 10.4. The van der Waals surface area contributed by atoms with Gasteiger partial charge >= 0.3 is 56.2 Å². The Balaban J connectivity index is -0.000000180. The summed E-state index contributed by atoms with van der Waals surface area (Å²) in [6.45, 7) is 0. The molecule has 0 fully saturated rings. The van der Waals surface area contributed by atoms with Crippen molar-refractivity contribution in [3.8, 4) is 0 Å². The Morgan fingerprint density at radius 2 is 1.56 bits per heavy atom. The molecule has 48 valence electrons. The maximum atomic E-state index is 10.4. The van der Waals surface area contributed by atoms with Crippen molar-refractivity contribution in [3.63, 3.8) is 0 Å². The van der Waals surface area contributed by atoms with Gasteiger partial charge in [-0.2, -0.15) is 0 Å². The summed E-state index contributed by atoms with van der Waals surface area (Å²) >= 11 is 0. The van der Waals surface area contributed by atoms with Gasteiger partial charge in [0.2, 0.25) is 0 Å². The van der Waals surface area contributed by atoms with Gasteiger partial charge in [0.1, 0.15) is 0 Å². The van der Waals surface area contributed by atoms with Crippen LogP contribution in [0.15, 0.2) is 0 Å².